The molecule has 3 atom stereocenters. The van der Waals surface area contributed by atoms with Gasteiger partial charge in [0.15, 0.2) is 0 Å². The van der Waals surface area contributed by atoms with E-state index in [-0.39, 0.29) is 24.0 Å². The molecule has 1 N–H and O–H groups in total. The van der Waals surface area contributed by atoms with Crippen molar-refractivity contribution in [2.75, 3.05) is 6.54 Å². The second-order valence-electron chi connectivity index (χ2n) is 6.04. The molecule has 1 aromatic carbocycles. The Hall–Kier alpha value is -1.86. The molecular weight excluding hydrogens is 262 g/mol. The molecule has 1 aromatic rings. The Bertz CT molecular complexity index is 578. The van der Waals surface area contributed by atoms with Crippen LogP contribution in [0.1, 0.15) is 43.4 Å². The van der Waals surface area contributed by atoms with Gasteiger partial charge in [0.1, 0.15) is 6.04 Å². The summed E-state index contributed by atoms with van der Waals surface area (Å²) in [6.45, 7) is 2.35. The van der Waals surface area contributed by atoms with E-state index in [0.717, 1.165) is 25.7 Å². The molecule has 3 rings (SSSR count). The maximum absolute atomic E-state index is 12.4. The largest absolute Gasteiger partial charge is 0.323 e. The van der Waals surface area contributed by atoms with Gasteiger partial charge in [0.2, 0.25) is 5.91 Å². The third kappa shape index (κ3) is 2.66. The maximum atomic E-state index is 12.4. The number of nitrogens with one attached hydrogen (secondary N) is 1. The highest BCUT2D eigenvalue weighted by molar-refractivity contribution is 5.79. The molecule has 0 bridgehead atoms. The molecule has 0 aromatic heterocycles. The number of fused-ring (bicyclic) bond motifs is 1. The van der Waals surface area contributed by atoms with Crippen LogP contribution in [0.5, 0.6) is 0 Å². The summed E-state index contributed by atoms with van der Waals surface area (Å²) in [6, 6.07) is 10.9. The van der Waals surface area contributed by atoms with Gasteiger partial charge in [0.25, 0.3) is 0 Å². The molecule has 1 fully saturated rings. The number of hydrogen-bond donors (Lipinski definition) is 1. The topological polar surface area (TPSA) is 56.1 Å². The fourth-order valence-electron chi connectivity index (χ4n) is 3.60. The van der Waals surface area contributed by atoms with Gasteiger partial charge in [-0.1, -0.05) is 24.3 Å². The van der Waals surface area contributed by atoms with Crippen LogP contribution >= 0.6 is 0 Å². The third-order valence-corrected chi connectivity index (χ3v) is 4.74. The van der Waals surface area contributed by atoms with E-state index < -0.39 is 0 Å². The van der Waals surface area contributed by atoms with Crippen molar-refractivity contribution >= 4 is 5.91 Å². The van der Waals surface area contributed by atoms with E-state index >= 15 is 0 Å². The van der Waals surface area contributed by atoms with Gasteiger partial charge in [-0.3, -0.25) is 4.79 Å². The summed E-state index contributed by atoms with van der Waals surface area (Å²) in [7, 11) is 0. The Morgan fingerprint density at radius 2 is 2.19 bits per heavy atom. The van der Waals surface area contributed by atoms with E-state index in [1.807, 2.05) is 6.92 Å². The average molecular weight is 283 g/mol. The highest BCUT2D eigenvalue weighted by Crippen LogP contribution is 2.30. The number of nitrogens with zero attached hydrogens (tertiary/aromatic N) is 2. The average Bonchev–Trinajstić information content (AvgIpc) is 3.08. The zero-order chi connectivity index (χ0) is 14.8. The molecule has 1 heterocycles. The lowest BCUT2D eigenvalue weighted by Crippen LogP contribution is -2.44. The van der Waals surface area contributed by atoms with Crippen LogP contribution in [0, 0.1) is 11.3 Å². The lowest BCUT2D eigenvalue weighted by Gasteiger charge is -2.25. The predicted molar refractivity (Wildman–Crippen MR) is 80.4 cm³/mol. The van der Waals surface area contributed by atoms with Crippen LogP contribution in [0.25, 0.3) is 0 Å². The van der Waals surface area contributed by atoms with Crippen molar-refractivity contribution in [3.63, 3.8) is 0 Å². The Morgan fingerprint density at radius 1 is 1.38 bits per heavy atom. The zero-order valence-corrected chi connectivity index (χ0v) is 12.4. The number of aryl methyl sites for hydroxylation is 1. The molecule has 4 heteroatoms. The van der Waals surface area contributed by atoms with Crippen LogP contribution in [0.4, 0.5) is 0 Å². The minimum atomic E-state index is -0.245. The quantitative estimate of drug-likeness (QED) is 0.925. The monoisotopic (exact) mass is 283 g/mol. The Labute approximate surface area is 125 Å². The summed E-state index contributed by atoms with van der Waals surface area (Å²) >= 11 is 0. The maximum Gasteiger partial charge on any atom is 0.237 e. The van der Waals surface area contributed by atoms with E-state index in [0.29, 0.717) is 6.54 Å². The summed E-state index contributed by atoms with van der Waals surface area (Å²) in [5.74, 6) is 0.0518. The van der Waals surface area contributed by atoms with Gasteiger partial charge in [0.05, 0.1) is 12.6 Å². The lowest BCUT2D eigenvalue weighted by molar-refractivity contribution is -0.132. The van der Waals surface area contributed by atoms with E-state index in [1.54, 1.807) is 4.90 Å². The van der Waals surface area contributed by atoms with Gasteiger partial charge in [-0.2, -0.15) is 5.26 Å². The van der Waals surface area contributed by atoms with E-state index in [1.165, 1.54) is 11.1 Å². The number of nitriles is 1. The van der Waals surface area contributed by atoms with Gasteiger partial charge in [-0.05, 0) is 43.7 Å². The molecule has 21 heavy (non-hydrogen) atoms. The zero-order valence-electron chi connectivity index (χ0n) is 12.4. The van der Waals surface area contributed by atoms with Crippen molar-refractivity contribution in [1.82, 2.24) is 10.2 Å². The van der Waals surface area contributed by atoms with Crippen LogP contribution in [0.2, 0.25) is 0 Å². The molecule has 0 radical (unpaired) electrons. The first-order valence-corrected chi connectivity index (χ1v) is 7.72. The standard InChI is InChI=1S/C17H21N3O/c1-12-6-8-14(10-18)20(12)17(21)11-19-16-9-7-13-4-2-3-5-15(13)16/h2-5,12,14,16,19H,6-9,11H2,1H3. The minimum Gasteiger partial charge on any atom is -0.323 e. The van der Waals surface area contributed by atoms with Crippen molar-refractivity contribution in [1.29, 1.82) is 5.26 Å². The normalized spacial score (nSPS) is 27.4. The summed E-state index contributed by atoms with van der Waals surface area (Å²) in [4.78, 5) is 14.2. The first-order chi connectivity index (χ1) is 10.2. The van der Waals surface area contributed by atoms with Gasteiger partial charge < -0.3 is 10.2 Å². The Kier molecular flexibility index (Phi) is 3.94. The summed E-state index contributed by atoms with van der Waals surface area (Å²) < 4.78 is 0. The highest BCUT2D eigenvalue weighted by Gasteiger charge is 2.34. The molecule has 1 saturated heterocycles. The number of carbonyl (C=O) groups excluding carboxylic acids is 1. The van der Waals surface area contributed by atoms with Gasteiger partial charge in [-0.15, -0.1) is 0 Å². The first-order valence-electron chi connectivity index (χ1n) is 7.72. The van der Waals surface area contributed by atoms with E-state index in [9.17, 15) is 4.79 Å². The van der Waals surface area contributed by atoms with Crippen LogP contribution in [-0.4, -0.2) is 29.4 Å². The number of hydrogen-bond acceptors (Lipinski definition) is 3. The van der Waals surface area contributed by atoms with Crippen molar-refractivity contribution < 1.29 is 4.79 Å². The molecule has 110 valence electrons. The fraction of sp³-hybridized carbons (Fsp3) is 0.529. The molecule has 3 unspecified atom stereocenters. The van der Waals surface area contributed by atoms with Crippen molar-refractivity contribution in [3.8, 4) is 6.07 Å². The summed E-state index contributed by atoms with van der Waals surface area (Å²) in [5, 5.41) is 12.5. The smallest absolute Gasteiger partial charge is 0.237 e. The SMILES string of the molecule is CC1CCC(C#N)N1C(=O)CNC1CCc2ccccc21. The summed E-state index contributed by atoms with van der Waals surface area (Å²) in [6.07, 6.45) is 3.85. The van der Waals surface area contributed by atoms with E-state index in [2.05, 4.69) is 35.7 Å². The number of carbonyl (C=O) groups is 1. The molecule has 2 aliphatic rings. The molecule has 1 aliphatic carbocycles. The van der Waals surface area contributed by atoms with E-state index in [4.69, 9.17) is 5.26 Å². The second-order valence-corrected chi connectivity index (χ2v) is 6.04. The summed E-state index contributed by atoms with van der Waals surface area (Å²) in [5.41, 5.74) is 2.70. The van der Waals surface area contributed by atoms with Crippen molar-refractivity contribution in [2.45, 2.75) is 50.7 Å². The molecule has 4 nitrogen and oxygen atoms in total. The molecule has 0 spiro atoms. The lowest BCUT2D eigenvalue weighted by atomic mass is 10.1. The van der Waals surface area contributed by atoms with Crippen molar-refractivity contribution in [3.05, 3.63) is 35.4 Å². The Morgan fingerprint density at radius 3 is 3.00 bits per heavy atom. The number of rotatable bonds is 3. The number of amides is 1. The molecule has 1 amide bonds. The van der Waals surface area contributed by atoms with Crippen LogP contribution in [0.15, 0.2) is 24.3 Å². The van der Waals surface area contributed by atoms with Crippen molar-refractivity contribution in [2.24, 2.45) is 0 Å². The second kappa shape index (κ2) is 5.87. The molecular formula is C17H21N3O. The van der Waals surface area contributed by atoms with Crippen LogP contribution in [-0.2, 0) is 11.2 Å². The number of benzene rings is 1. The predicted octanol–water partition coefficient (Wildman–Crippen LogP) is 2.17. The molecule has 0 saturated carbocycles. The number of likely N-dealkylation sites (tertiary alicyclic amines) is 1. The Balaban J connectivity index is 1.61. The van der Waals surface area contributed by atoms with Gasteiger partial charge in [0, 0.05) is 12.1 Å². The minimum absolute atomic E-state index is 0.0518. The van der Waals surface area contributed by atoms with Gasteiger partial charge >= 0.3 is 0 Å². The van der Waals surface area contributed by atoms with Crippen LogP contribution in [0.3, 0.4) is 0 Å². The fourth-order valence-corrected chi connectivity index (χ4v) is 3.60. The van der Waals surface area contributed by atoms with Gasteiger partial charge in [-0.25, -0.2) is 0 Å². The third-order valence-electron chi connectivity index (χ3n) is 4.74. The molecule has 1 aliphatic heterocycles. The highest BCUT2D eigenvalue weighted by atomic mass is 16.2. The van der Waals surface area contributed by atoms with Crippen LogP contribution < -0.4 is 5.32 Å². The first kappa shape index (κ1) is 14.1.